The molecule has 1 aromatic rings. The van der Waals surface area contributed by atoms with Crippen molar-refractivity contribution < 1.29 is 26.7 Å². The summed E-state index contributed by atoms with van der Waals surface area (Å²) in [6.07, 6.45) is -5.85. The van der Waals surface area contributed by atoms with Crippen LogP contribution in [-0.2, 0) is 0 Å². The lowest BCUT2D eigenvalue weighted by Crippen LogP contribution is -2.45. The van der Waals surface area contributed by atoms with Crippen LogP contribution in [0.3, 0.4) is 0 Å². The number of benzene rings is 1. The molecular weight excluding hydrogens is 355 g/mol. The third kappa shape index (κ3) is 5.46. The molecule has 138 valence electrons. The lowest BCUT2D eigenvalue weighted by molar-refractivity contribution is -0.138. The van der Waals surface area contributed by atoms with Gasteiger partial charge in [0.25, 0.3) is 0 Å². The minimum absolute atomic E-state index is 0. The van der Waals surface area contributed by atoms with E-state index in [-0.39, 0.29) is 30.1 Å². The monoisotopic (exact) mass is 374 g/mol. The minimum Gasteiger partial charge on any atom is -0.497 e. The predicted molar refractivity (Wildman–Crippen MR) is 82.6 cm³/mol. The maximum Gasteiger partial charge on any atom is 0.389 e. The Hall–Kier alpha value is -1.12. The highest BCUT2D eigenvalue weighted by molar-refractivity contribution is 5.85. The zero-order valence-corrected chi connectivity index (χ0v) is 13.9. The summed E-state index contributed by atoms with van der Waals surface area (Å²) >= 11 is 0. The summed E-state index contributed by atoms with van der Waals surface area (Å²) in [5, 5.41) is 3.07. The molecular formula is C15H20ClF5N2O. The predicted octanol–water partition coefficient (Wildman–Crippen LogP) is 3.68. The van der Waals surface area contributed by atoms with Gasteiger partial charge in [0.1, 0.15) is 17.4 Å². The summed E-state index contributed by atoms with van der Waals surface area (Å²) in [4.78, 5) is 1.69. The van der Waals surface area contributed by atoms with Gasteiger partial charge in [-0.25, -0.2) is 8.78 Å². The fourth-order valence-electron chi connectivity index (χ4n) is 2.80. The Morgan fingerprint density at radius 1 is 1.17 bits per heavy atom. The molecule has 1 heterocycles. The van der Waals surface area contributed by atoms with Gasteiger partial charge < -0.3 is 10.1 Å². The van der Waals surface area contributed by atoms with Crippen LogP contribution in [0, 0.1) is 11.6 Å². The van der Waals surface area contributed by atoms with Gasteiger partial charge in [0, 0.05) is 56.3 Å². The molecule has 0 spiro atoms. The van der Waals surface area contributed by atoms with Crippen LogP contribution in [0.15, 0.2) is 12.1 Å². The number of piperazine rings is 1. The van der Waals surface area contributed by atoms with E-state index < -0.39 is 30.3 Å². The molecule has 9 heteroatoms. The molecule has 1 aliphatic rings. The van der Waals surface area contributed by atoms with Crippen LogP contribution in [-0.4, -0.2) is 44.4 Å². The summed E-state index contributed by atoms with van der Waals surface area (Å²) in [5.41, 5.74) is -0.322. The Bertz CT molecular complexity index is 512. The first-order chi connectivity index (χ1) is 10.8. The van der Waals surface area contributed by atoms with Crippen molar-refractivity contribution in [2.24, 2.45) is 0 Å². The highest BCUT2D eigenvalue weighted by Crippen LogP contribution is 2.35. The van der Waals surface area contributed by atoms with Gasteiger partial charge in [-0.3, -0.25) is 4.90 Å². The summed E-state index contributed by atoms with van der Waals surface area (Å²) < 4.78 is 71.1. The van der Waals surface area contributed by atoms with Crippen molar-refractivity contribution in [1.82, 2.24) is 10.2 Å². The van der Waals surface area contributed by atoms with Gasteiger partial charge in [0.2, 0.25) is 0 Å². The van der Waals surface area contributed by atoms with Crippen molar-refractivity contribution in [2.45, 2.75) is 25.1 Å². The number of halogens is 6. The molecule has 0 radical (unpaired) electrons. The molecule has 24 heavy (non-hydrogen) atoms. The number of hydrogen-bond donors (Lipinski definition) is 1. The largest absolute Gasteiger partial charge is 0.497 e. The zero-order valence-electron chi connectivity index (χ0n) is 13.1. The first-order valence-corrected chi connectivity index (χ1v) is 7.36. The summed E-state index contributed by atoms with van der Waals surface area (Å²) in [6.45, 7) is 2.02. The molecule has 0 aromatic heterocycles. The van der Waals surface area contributed by atoms with Crippen LogP contribution in [0.5, 0.6) is 5.75 Å². The Morgan fingerprint density at radius 2 is 1.71 bits per heavy atom. The molecule has 1 aliphatic heterocycles. The van der Waals surface area contributed by atoms with Gasteiger partial charge in [0.05, 0.1) is 7.11 Å². The third-order valence-corrected chi connectivity index (χ3v) is 3.92. The Kier molecular flexibility index (Phi) is 7.69. The highest BCUT2D eigenvalue weighted by atomic mass is 35.5. The van der Waals surface area contributed by atoms with Crippen molar-refractivity contribution in [3.05, 3.63) is 29.3 Å². The van der Waals surface area contributed by atoms with E-state index in [0.717, 1.165) is 12.1 Å². The van der Waals surface area contributed by atoms with Gasteiger partial charge >= 0.3 is 6.18 Å². The quantitative estimate of drug-likeness (QED) is 0.796. The van der Waals surface area contributed by atoms with Crippen molar-refractivity contribution in [3.8, 4) is 5.75 Å². The fraction of sp³-hybridized carbons (Fsp3) is 0.600. The molecule has 1 saturated heterocycles. The van der Waals surface area contributed by atoms with Crippen molar-refractivity contribution in [1.29, 1.82) is 0 Å². The number of hydrogen-bond acceptors (Lipinski definition) is 3. The molecule has 1 fully saturated rings. The van der Waals surface area contributed by atoms with Crippen LogP contribution in [0.4, 0.5) is 22.0 Å². The smallest absolute Gasteiger partial charge is 0.389 e. The Morgan fingerprint density at radius 3 is 2.17 bits per heavy atom. The van der Waals surface area contributed by atoms with E-state index in [1.165, 1.54) is 7.11 Å². The molecule has 1 atom stereocenters. The van der Waals surface area contributed by atoms with Gasteiger partial charge in [-0.15, -0.1) is 12.4 Å². The lowest BCUT2D eigenvalue weighted by Gasteiger charge is -2.35. The van der Waals surface area contributed by atoms with E-state index in [2.05, 4.69) is 5.32 Å². The number of methoxy groups -OCH3 is 1. The van der Waals surface area contributed by atoms with E-state index in [1.807, 2.05) is 0 Å². The van der Waals surface area contributed by atoms with Gasteiger partial charge in [-0.05, 0) is 6.42 Å². The van der Waals surface area contributed by atoms with Crippen LogP contribution >= 0.6 is 12.4 Å². The van der Waals surface area contributed by atoms with Gasteiger partial charge in [-0.2, -0.15) is 13.2 Å². The number of nitrogens with one attached hydrogen (secondary N) is 1. The number of alkyl halides is 3. The standard InChI is InChI=1S/C15H19F5N2O.ClH/c1-23-10-8-11(16)14(12(17)9-10)13(2-3-15(18,19)20)22-6-4-21-5-7-22;/h8-9,13,21H,2-7H2,1H3;1H/t13-;/m0./s1. The van der Waals surface area contributed by atoms with E-state index in [0.29, 0.717) is 26.2 Å². The molecule has 0 bridgehead atoms. The van der Waals surface area contributed by atoms with Crippen LogP contribution in [0.2, 0.25) is 0 Å². The van der Waals surface area contributed by atoms with Crippen LogP contribution < -0.4 is 10.1 Å². The Labute approximate surface area is 143 Å². The van der Waals surface area contributed by atoms with E-state index in [9.17, 15) is 22.0 Å². The summed E-state index contributed by atoms with van der Waals surface area (Å²) in [5.74, 6) is -1.77. The minimum atomic E-state index is -4.37. The first kappa shape index (κ1) is 20.9. The van der Waals surface area contributed by atoms with Crippen molar-refractivity contribution in [2.75, 3.05) is 33.3 Å². The molecule has 1 aromatic carbocycles. The number of ether oxygens (including phenoxy) is 1. The van der Waals surface area contributed by atoms with E-state index in [4.69, 9.17) is 4.74 Å². The highest BCUT2D eigenvalue weighted by Gasteiger charge is 2.33. The van der Waals surface area contributed by atoms with Crippen LogP contribution in [0.1, 0.15) is 24.4 Å². The van der Waals surface area contributed by atoms with Gasteiger partial charge in [-0.1, -0.05) is 0 Å². The Balaban J connectivity index is 0.00000288. The molecule has 0 unspecified atom stereocenters. The van der Waals surface area contributed by atoms with Crippen molar-refractivity contribution in [3.63, 3.8) is 0 Å². The lowest BCUT2D eigenvalue weighted by atomic mass is 9.97. The first-order valence-electron chi connectivity index (χ1n) is 7.36. The molecule has 0 saturated carbocycles. The normalized spacial score (nSPS) is 17.2. The topological polar surface area (TPSA) is 24.5 Å². The zero-order chi connectivity index (χ0) is 17.0. The maximum absolute atomic E-state index is 14.3. The summed E-state index contributed by atoms with van der Waals surface area (Å²) in [7, 11) is 1.27. The number of rotatable bonds is 5. The SMILES string of the molecule is COc1cc(F)c([C@H](CCC(F)(F)F)N2CCNCC2)c(F)c1.Cl. The molecule has 1 N–H and O–H groups in total. The average Bonchev–Trinajstić information content (AvgIpc) is 2.49. The third-order valence-electron chi connectivity index (χ3n) is 3.92. The maximum atomic E-state index is 14.3. The van der Waals surface area contributed by atoms with E-state index >= 15 is 0 Å². The summed E-state index contributed by atoms with van der Waals surface area (Å²) in [6, 6.07) is 1.05. The molecule has 2 rings (SSSR count). The second-order valence-corrected chi connectivity index (χ2v) is 5.46. The van der Waals surface area contributed by atoms with Crippen LogP contribution in [0.25, 0.3) is 0 Å². The molecule has 0 amide bonds. The molecule has 0 aliphatic carbocycles. The second-order valence-electron chi connectivity index (χ2n) is 5.46. The average molecular weight is 375 g/mol. The fourth-order valence-corrected chi connectivity index (χ4v) is 2.80. The van der Waals surface area contributed by atoms with Gasteiger partial charge in [0.15, 0.2) is 0 Å². The number of nitrogens with zero attached hydrogens (tertiary/aromatic N) is 1. The van der Waals surface area contributed by atoms with Crippen molar-refractivity contribution >= 4 is 12.4 Å². The second kappa shape index (κ2) is 8.82. The van der Waals surface area contributed by atoms with E-state index in [1.54, 1.807) is 4.90 Å². The molecule has 3 nitrogen and oxygen atoms in total.